The molecule has 6 atom stereocenters. The summed E-state index contributed by atoms with van der Waals surface area (Å²) in [5.74, 6) is 0.633. The molecule has 0 unspecified atom stereocenters. The Morgan fingerprint density at radius 2 is 0.971 bits per heavy atom. The fourth-order valence-electron chi connectivity index (χ4n) is 16.7. The van der Waals surface area contributed by atoms with Crippen molar-refractivity contribution in [3.05, 3.63) is 141 Å². The van der Waals surface area contributed by atoms with Gasteiger partial charge in [-0.15, -0.1) is 12.4 Å². The second kappa shape index (κ2) is 30.6. The molecule has 1 N–H and O–H groups in total. The van der Waals surface area contributed by atoms with E-state index >= 15 is 0 Å². The molecule has 0 radical (unpaired) electrons. The van der Waals surface area contributed by atoms with Crippen molar-refractivity contribution in [2.24, 2.45) is 10.8 Å². The number of ketones is 4. The Balaban J connectivity index is 0.000000195. The Hall–Kier alpha value is -9.02. The van der Waals surface area contributed by atoms with Crippen LogP contribution in [-0.2, 0) is 62.9 Å². The van der Waals surface area contributed by atoms with Crippen LogP contribution in [0.15, 0.2) is 73.3 Å². The summed E-state index contributed by atoms with van der Waals surface area (Å²) >= 11 is 0. The van der Waals surface area contributed by atoms with Gasteiger partial charge in [0, 0.05) is 97.1 Å². The first kappa shape index (κ1) is 74.7. The van der Waals surface area contributed by atoms with Crippen LogP contribution >= 0.6 is 12.4 Å². The molecule has 4 bridgehead atoms. The van der Waals surface area contributed by atoms with Gasteiger partial charge in [0.2, 0.25) is 11.8 Å². The zero-order valence-corrected chi connectivity index (χ0v) is 63.0. The Morgan fingerprint density at radius 3 is 1.43 bits per heavy atom. The van der Waals surface area contributed by atoms with E-state index in [9.17, 15) is 33.6 Å². The van der Waals surface area contributed by atoms with Crippen molar-refractivity contribution < 1.29 is 38.3 Å². The normalized spacial score (nSPS) is 22.3. The molecule has 3 amide bonds. The molecule has 2 aromatic carbocycles. The fourth-order valence-corrected chi connectivity index (χ4v) is 16.7. The minimum absolute atomic E-state index is 0. The standard InChI is InChI=1S/C43H53N7O5.C38H45N7O3.ClH/c1-26-13-14-27(2)46-34(26)19-36(52)35-20-43-15-11-9-8-10-12-16-48(41(54)55-42(5,6)7)24-31-17-30(32-22-44-29(4)45-23-32)18-33-39(28(3)51)47-49(40(31)33)25-38(53)50(35)37(43)21-43;1-23-10-11-24(2)42-31(23)16-33(47)32-17-38-12-8-6-5-7-9-13-39-19-28-14-27(29-20-40-26(4)41-21-29)15-30-36(25(3)46)43-44(37(28)30)22-35(48)45(32)34(38)18-38;/h13-14,17-18,22-23,35,37H,8-12,15-16,19-21,24-25H2,1-7H3;10-11,14-15,20-21,32,34,39H,5-9,12-13,16-19,22H2,1-4H3;1H/t35-,37+,43-;32-,34+,38-;/m00./s1. The van der Waals surface area contributed by atoms with Gasteiger partial charge in [-0.2, -0.15) is 10.2 Å². The van der Waals surface area contributed by atoms with Crippen LogP contribution < -0.4 is 5.32 Å². The highest BCUT2D eigenvalue weighted by Crippen LogP contribution is 2.64. The number of halogens is 1. The second-order valence-corrected chi connectivity index (χ2v) is 31.3. The minimum atomic E-state index is -0.701. The number of aryl methyl sites for hydroxylation is 6. The van der Waals surface area contributed by atoms with Crippen LogP contribution in [0.5, 0.6) is 0 Å². The van der Waals surface area contributed by atoms with Crippen molar-refractivity contribution in [1.29, 1.82) is 0 Å². The molecule has 548 valence electrons. The molecule has 8 aromatic rings. The molecule has 104 heavy (non-hydrogen) atoms. The highest BCUT2D eigenvalue weighted by molar-refractivity contribution is 6.08. The number of carbonyl (C=O) groups is 7. The van der Waals surface area contributed by atoms with Gasteiger partial charge in [0.05, 0.1) is 53.9 Å². The third kappa shape index (κ3) is 16.0. The van der Waals surface area contributed by atoms with Crippen LogP contribution in [0.4, 0.5) is 4.79 Å². The van der Waals surface area contributed by atoms with Crippen LogP contribution in [0.2, 0.25) is 0 Å². The first-order valence-corrected chi connectivity index (χ1v) is 37.2. The lowest BCUT2D eigenvalue weighted by Gasteiger charge is -2.28. The van der Waals surface area contributed by atoms with E-state index in [1.807, 2.05) is 115 Å². The smallest absolute Gasteiger partial charge is 0.410 e. The van der Waals surface area contributed by atoms with E-state index in [0.717, 1.165) is 157 Å². The van der Waals surface area contributed by atoms with Gasteiger partial charge in [-0.25, -0.2) is 24.7 Å². The molecular weight excluding hydrogens is 1330 g/mol. The number of hydrogen-bond donors (Lipinski definition) is 1. The predicted octanol–water partition coefficient (Wildman–Crippen LogP) is 13.3. The maximum Gasteiger partial charge on any atom is 0.410 e. The predicted molar refractivity (Wildman–Crippen MR) is 399 cm³/mol. The minimum Gasteiger partial charge on any atom is -0.444 e. The molecule has 14 rings (SSSR count). The molecule has 10 heterocycles. The number of benzene rings is 2. The van der Waals surface area contributed by atoms with Crippen LogP contribution in [0.3, 0.4) is 0 Å². The Labute approximate surface area is 615 Å². The van der Waals surface area contributed by atoms with Gasteiger partial charge in [0.25, 0.3) is 0 Å². The lowest BCUT2D eigenvalue weighted by molar-refractivity contribution is -0.139. The lowest BCUT2D eigenvalue weighted by atomic mass is 9.90. The first-order chi connectivity index (χ1) is 49.3. The van der Waals surface area contributed by atoms with E-state index in [4.69, 9.17) is 14.9 Å². The summed E-state index contributed by atoms with van der Waals surface area (Å²) in [6.45, 7) is 21.9. The molecule has 4 aliphatic heterocycles. The number of hydrogen-bond acceptors (Lipinski definition) is 17. The number of nitrogens with zero attached hydrogens (tertiary/aromatic N) is 13. The molecule has 6 aromatic heterocycles. The number of ether oxygens (including phenoxy) is 1. The van der Waals surface area contributed by atoms with E-state index in [1.165, 1.54) is 20.3 Å². The van der Waals surface area contributed by atoms with Gasteiger partial charge in [-0.05, 0) is 201 Å². The Kier molecular flexibility index (Phi) is 22.0. The molecule has 23 heteroatoms. The quantitative estimate of drug-likeness (QED) is 0.125. The summed E-state index contributed by atoms with van der Waals surface area (Å²) < 4.78 is 9.22. The molecule has 2 aliphatic carbocycles. The van der Waals surface area contributed by atoms with Gasteiger partial charge < -0.3 is 24.8 Å². The number of carbonyl (C=O) groups excluding carboxylic acids is 7. The van der Waals surface area contributed by atoms with E-state index in [0.29, 0.717) is 65.1 Å². The monoisotopic (exact) mass is 1430 g/mol. The highest BCUT2D eigenvalue weighted by Gasteiger charge is 2.67. The van der Waals surface area contributed by atoms with Gasteiger partial charge in [0.15, 0.2) is 23.1 Å². The largest absolute Gasteiger partial charge is 0.444 e. The van der Waals surface area contributed by atoms with E-state index in [2.05, 4.69) is 41.3 Å². The van der Waals surface area contributed by atoms with Crippen LogP contribution in [0.25, 0.3) is 44.1 Å². The average Bonchev–Trinajstić information content (AvgIpc) is 1.54. The Morgan fingerprint density at radius 1 is 0.538 bits per heavy atom. The topological polar surface area (TPSA) is 263 Å². The number of piperidine rings is 2. The maximum absolute atomic E-state index is 14.7. The SMILES string of the molecule is CC(=O)c1nn2c3c(cc(-c4cnc(C)nc4)cc13)CN(C(=O)OC(C)(C)C)CCCCCCC[C@@]13C[C@@H](C(=O)Cc4nc(C)ccc4C)N(C(=O)C2)[C@@H]1C3.CC(=O)c1nn2c3c(cc(-c4cnc(C)nc4)cc13)CNCCCCCCC[C@@]13C[C@@H](C(=O)Cc4nc(C)ccc4C)N(C(=O)C2)[C@@H]1C3.Cl. The maximum atomic E-state index is 14.7. The summed E-state index contributed by atoms with van der Waals surface area (Å²) in [6, 6.07) is 14.8. The van der Waals surface area contributed by atoms with Crippen molar-refractivity contribution in [1.82, 2.24) is 69.5 Å². The number of nitrogens with one attached hydrogen (secondary N) is 1. The third-order valence-electron chi connectivity index (χ3n) is 22.3. The van der Waals surface area contributed by atoms with Crippen molar-refractivity contribution >= 4 is 75.3 Å². The summed E-state index contributed by atoms with van der Waals surface area (Å²) in [4.78, 5) is 130. The van der Waals surface area contributed by atoms with E-state index in [-0.39, 0.29) is 108 Å². The van der Waals surface area contributed by atoms with Gasteiger partial charge in [-0.1, -0.05) is 63.5 Å². The lowest BCUT2D eigenvalue weighted by Crippen LogP contribution is -2.45. The van der Waals surface area contributed by atoms with E-state index < -0.39 is 23.8 Å². The zero-order valence-electron chi connectivity index (χ0n) is 62.2. The van der Waals surface area contributed by atoms with Crippen LogP contribution in [0.1, 0.15) is 215 Å². The van der Waals surface area contributed by atoms with Crippen LogP contribution in [-0.4, -0.2) is 148 Å². The molecular formula is C81H99ClN14O8. The van der Waals surface area contributed by atoms with E-state index in [1.54, 1.807) is 39.1 Å². The van der Waals surface area contributed by atoms with Crippen LogP contribution in [0, 0.1) is 52.4 Å². The van der Waals surface area contributed by atoms with Crippen molar-refractivity contribution in [2.45, 2.75) is 248 Å². The molecule has 2 saturated heterocycles. The second-order valence-electron chi connectivity index (χ2n) is 31.3. The van der Waals surface area contributed by atoms with Gasteiger partial charge in [0.1, 0.15) is 41.7 Å². The summed E-state index contributed by atoms with van der Waals surface area (Å²) in [5, 5.41) is 14.5. The zero-order chi connectivity index (χ0) is 72.8. The number of rotatable bonds is 10. The summed E-state index contributed by atoms with van der Waals surface area (Å²) in [5.41, 5.74) is 11.3. The van der Waals surface area contributed by atoms with Crippen molar-refractivity contribution in [3.8, 4) is 22.3 Å². The Bertz CT molecular complexity index is 4640. The summed E-state index contributed by atoms with van der Waals surface area (Å²) in [6.07, 6.45) is 22.7. The van der Waals surface area contributed by atoms with Crippen molar-refractivity contribution in [3.63, 3.8) is 0 Å². The van der Waals surface area contributed by atoms with Gasteiger partial charge >= 0.3 is 6.09 Å². The molecule has 22 nitrogen and oxygen atoms in total. The molecule has 6 aliphatic rings. The average molecular weight is 1430 g/mol. The number of pyridine rings is 2. The summed E-state index contributed by atoms with van der Waals surface area (Å²) in [7, 11) is 0. The fraction of sp³-hybridized carbons (Fsp3) is 0.519. The highest BCUT2D eigenvalue weighted by atomic mass is 35.5. The molecule has 0 spiro atoms. The number of Topliss-reactive ketones (excluding diaryl/α,β-unsaturated/α-hetero) is 4. The van der Waals surface area contributed by atoms with Crippen molar-refractivity contribution in [2.75, 3.05) is 13.1 Å². The number of amides is 3. The first-order valence-electron chi connectivity index (χ1n) is 37.2. The number of aromatic nitrogens is 10. The molecule has 4 fully saturated rings. The van der Waals surface area contributed by atoms with Gasteiger partial charge in [-0.3, -0.25) is 48.1 Å². The molecule has 2 saturated carbocycles. The third-order valence-corrected chi connectivity index (χ3v) is 22.3.